The maximum Gasteiger partial charge on any atom is 0.223 e. The van der Waals surface area contributed by atoms with Gasteiger partial charge in [0.15, 0.2) is 5.82 Å². The van der Waals surface area contributed by atoms with Crippen LogP contribution >= 0.6 is 0 Å². The molecule has 1 fully saturated rings. The largest absolute Gasteiger partial charge is 0.353 e. The van der Waals surface area contributed by atoms with Gasteiger partial charge in [0.2, 0.25) is 5.91 Å². The molecule has 0 saturated carbocycles. The van der Waals surface area contributed by atoms with Crippen LogP contribution in [0, 0.1) is 6.92 Å². The Morgan fingerprint density at radius 2 is 1.75 bits per heavy atom. The first-order valence-electron chi connectivity index (χ1n) is 9.61. The number of piperazine rings is 1. The molecule has 1 aliphatic rings. The van der Waals surface area contributed by atoms with Gasteiger partial charge in [0, 0.05) is 51.1 Å². The summed E-state index contributed by atoms with van der Waals surface area (Å²) in [6.07, 6.45) is 4.95. The molecule has 3 heterocycles. The van der Waals surface area contributed by atoms with Crippen molar-refractivity contribution < 1.29 is 4.79 Å². The maximum absolute atomic E-state index is 12.5. The number of benzene rings is 1. The smallest absolute Gasteiger partial charge is 0.223 e. The molecular weight excluding hydrogens is 352 g/mol. The van der Waals surface area contributed by atoms with E-state index in [0.717, 1.165) is 31.1 Å². The summed E-state index contributed by atoms with van der Waals surface area (Å²) < 4.78 is 1.74. The average molecular weight is 376 g/mol. The molecule has 0 spiro atoms. The zero-order valence-electron chi connectivity index (χ0n) is 16.0. The molecule has 0 unspecified atom stereocenters. The van der Waals surface area contributed by atoms with Gasteiger partial charge in [-0.15, -0.1) is 0 Å². The number of aryl methyl sites for hydroxylation is 2. The van der Waals surface area contributed by atoms with E-state index in [1.54, 1.807) is 10.9 Å². The van der Waals surface area contributed by atoms with Gasteiger partial charge in [-0.3, -0.25) is 4.79 Å². The molecular formula is C21H24N6O. The van der Waals surface area contributed by atoms with Gasteiger partial charge < -0.3 is 9.80 Å². The van der Waals surface area contributed by atoms with E-state index in [1.807, 2.05) is 48.4 Å². The Labute approximate surface area is 164 Å². The predicted molar refractivity (Wildman–Crippen MR) is 107 cm³/mol. The highest BCUT2D eigenvalue weighted by atomic mass is 16.2. The highest BCUT2D eigenvalue weighted by molar-refractivity contribution is 5.76. The summed E-state index contributed by atoms with van der Waals surface area (Å²) in [5.41, 5.74) is 1.21. The van der Waals surface area contributed by atoms with Crippen LogP contribution in [0.15, 0.2) is 54.9 Å². The summed E-state index contributed by atoms with van der Waals surface area (Å²) in [4.78, 5) is 25.8. The summed E-state index contributed by atoms with van der Waals surface area (Å²) in [5.74, 6) is 2.58. The number of anilines is 1. The quantitative estimate of drug-likeness (QED) is 0.683. The minimum Gasteiger partial charge on any atom is -0.353 e. The van der Waals surface area contributed by atoms with Crippen molar-refractivity contribution in [1.29, 1.82) is 0 Å². The Morgan fingerprint density at radius 3 is 2.46 bits per heavy atom. The van der Waals surface area contributed by atoms with Crippen molar-refractivity contribution in [3.8, 4) is 5.82 Å². The van der Waals surface area contributed by atoms with Crippen molar-refractivity contribution in [2.75, 3.05) is 31.1 Å². The van der Waals surface area contributed by atoms with E-state index in [0.29, 0.717) is 25.3 Å². The molecule has 4 rings (SSSR count). The monoisotopic (exact) mass is 376 g/mol. The van der Waals surface area contributed by atoms with Crippen LogP contribution in [0.1, 0.15) is 17.8 Å². The number of amides is 1. The van der Waals surface area contributed by atoms with Gasteiger partial charge in [-0.1, -0.05) is 30.3 Å². The van der Waals surface area contributed by atoms with Crippen LogP contribution in [0.2, 0.25) is 0 Å². The molecule has 3 aromatic rings. The van der Waals surface area contributed by atoms with Gasteiger partial charge in [0.1, 0.15) is 11.6 Å². The number of carbonyl (C=O) groups excluding carboxylic acids is 1. The normalized spacial score (nSPS) is 14.3. The Balaban J connectivity index is 1.36. The van der Waals surface area contributed by atoms with Gasteiger partial charge in [-0.05, 0) is 25.0 Å². The Kier molecular flexibility index (Phi) is 5.32. The zero-order valence-corrected chi connectivity index (χ0v) is 16.0. The lowest BCUT2D eigenvalue weighted by Crippen LogP contribution is -2.49. The maximum atomic E-state index is 12.5. The lowest BCUT2D eigenvalue weighted by molar-refractivity contribution is -0.131. The standard InChI is InChI=1S/C21H24N6O/c1-17-23-19(16-20(24-17)27-11-5-10-22-27)25-12-14-26(15-13-25)21(28)9-8-18-6-3-2-4-7-18/h2-7,10-11,16H,8-9,12-15H2,1H3. The fourth-order valence-corrected chi connectivity index (χ4v) is 3.46. The molecule has 1 aromatic carbocycles. The van der Waals surface area contributed by atoms with E-state index in [9.17, 15) is 4.79 Å². The Hall–Kier alpha value is -3.22. The molecule has 144 valence electrons. The molecule has 0 bridgehead atoms. The molecule has 0 N–H and O–H groups in total. The second-order valence-electron chi connectivity index (χ2n) is 6.94. The van der Waals surface area contributed by atoms with Crippen molar-refractivity contribution in [3.63, 3.8) is 0 Å². The fourth-order valence-electron chi connectivity index (χ4n) is 3.46. The van der Waals surface area contributed by atoms with Gasteiger partial charge in [0.25, 0.3) is 0 Å². The molecule has 0 atom stereocenters. The van der Waals surface area contributed by atoms with E-state index in [2.05, 4.69) is 32.1 Å². The summed E-state index contributed by atoms with van der Waals surface area (Å²) in [6, 6.07) is 14.0. The first-order valence-corrected chi connectivity index (χ1v) is 9.61. The molecule has 7 nitrogen and oxygen atoms in total. The lowest BCUT2D eigenvalue weighted by atomic mass is 10.1. The SMILES string of the molecule is Cc1nc(N2CCN(C(=O)CCc3ccccc3)CC2)cc(-n2cccn2)n1. The van der Waals surface area contributed by atoms with Crippen molar-refractivity contribution in [2.24, 2.45) is 0 Å². The molecule has 1 saturated heterocycles. The van der Waals surface area contributed by atoms with Crippen molar-refractivity contribution in [1.82, 2.24) is 24.6 Å². The molecule has 2 aromatic heterocycles. The van der Waals surface area contributed by atoms with Crippen LogP contribution in [0.5, 0.6) is 0 Å². The Bertz CT molecular complexity index is 917. The van der Waals surface area contributed by atoms with Crippen LogP contribution in [-0.4, -0.2) is 56.7 Å². The van der Waals surface area contributed by atoms with Gasteiger partial charge >= 0.3 is 0 Å². The van der Waals surface area contributed by atoms with Crippen LogP contribution in [0.4, 0.5) is 5.82 Å². The number of hydrogen-bond donors (Lipinski definition) is 0. The third kappa shape index (κ3) is 4.19. The fraction of sp³-hybridized carbons (Fsp3) is 0.333. The third-order valence-corrected chi connectivity index (χ3v) is 4.98. The average Bonchev–Trinajstić information content (AvgIpc) is 3.27. The summed E-state index contributed by atoms with van der Waals surface area (Å²) in [5, 5.41) is 4.25. The molecule has 0 aliphatic carbocycles. The molecule has 1 amide bonds. The first-order chi connectivity index (χ1) is 13.7. The Morgan fingerprint density at radius 1 is 1.00 bits per heavy atom. The van der Waals surface area contributed by atoms with E-state index in [1.165, 1.54) is 5.56 Å². The van der Waals surface area contributed by atoms with E-state index >= 15 is 0 Å². The highest BCUT2D eigenvalue weighted by Crippen LogP contribution is 2.17. The van der Waals surface area contributed by atoms with E-state index in [-0.39, 0.29) is 5.91 Å². The van der Waals surface area contributed by atoms with Crippen molar-refractivity contribution in [3.05, 3.63) is 66.2 Å². The first kappa shape index (κ1) is 18.2. The van der Waals surface area contributed by atoms with E-state index in [4.69, 9.17) is 0 Å². The minimum atomic E-state index is 0.222. The molecule has 0 radical (unpaired) electrons. The number of rotatable bonds is 5. The second kappa shape index (κ2) is 8.21. The van der Waals surface area contributed by atoms with Crippen LogP contribution in [0.25, 0.3) is 5.82 Å². The summed E-state index contributed by atoms with van der Waals surface area (Å²) in [7, 11) is 0. The number of nitrogens with zero attached hydrogens (tertiary/aromatic N) is 6. The predicted octanol–water partition coefficient (Wildman–Crippen LogP) is 2.25. The molecule has 28 heavy (non-hydrogen) atoms. The topological polar surface area (TPSA) is 67.2 Å². The van der Waals surface area contributed by atoms with Gasteiger partial charge in [0.05, 0.1) is 0 Å². The minimum absolute atomic E-state index is 0.222. The van der Waals surface area contributed by atoms with Gasteiger partial charge in [-0.25, -0.2) is 14.6 Å². The van der Waals surface area contributed by atoms with Crippen LogP contribution in [-0.2, 0) is 11.2 Å². The van der Waals surface area contributed by atoms with Crippen molar-refractivity contribution in [2.45, 2.75) is 19.8 Å². The van der Waals surface area contributed by atoms with Gasteiger partial charge in [-0.2, -0.15) is 5.10 Å². The number of aromatic nitrogens is 4. The number of hydrogen-bond acceptors (Lipinski definition) is 5. The van der Waals surface area contributed by atoms with Crippen molar-refractivity contribution >= 4 is 11.7 Å². The summed E-state index contributed by atoms with van der Waals surface area (Å²) in [6.45, 7) is 4.86. The van der Waals surface area contributed by atoms with E-state index < -0.39 is 0 Å². The highest BCUT2D eigenvalue weighted by Gasteiger charge is 2.22. The molecule has 1 aliphatic heterocycles. The van der Waals surface area contributed by atoms with Crippen LogP contribution in [0.3, 0.4) is 0 Å². The number of carbonyl (C=O) groups is 1. The second-order valence-corrected chi connectivity index (χ2v) is 6.94. The zero-order chi connectivity index (χ0) is 19.3. The lowest BCUT2D eigenvalue weighted by Gasteiger charge is -2.35. The third-order valence-electron chi connectivity index (χ3n) is 4.98. The van der Waals surface area contributed by atoms with Crippen LogP contribution < -0.4 is 4.90 Å². The summed E-state index contributed by atoms with van der Waals surface area (Å²) >= 11 is 0. The molecule has 7 heteroatoms.